The molecule has 0 radical (unpaired) electrons. The van der Waals surface area contributed by atoms with Crippen LogP contribution in [0.15, 0.2) is 36.3 Å². The summed E-state index contributed by atoms with van der Waals surface area (Å²) in [6.45, 7) is 1.70. The Morgan fingerprint density at radius 1 is 1.42 bits per heavy atom. The molecule has 102 valence electrons. The minimum atomic E-state index is -0.351. The first-order chi connectivity index (χ1) is 9.29. The van der Waals surface area contributed by atoms with E-state index in [9.17, 15) is 4.79 Å². The van der Waals surface area contributed by atoms with Crippen LogP contribution in [0.25, 0.3) is 0 Å². The van der Waals surface area contributed by atoms with Crippen LogP contribution in [0.1, 0.15) is 0 Å². The summed E-state index contributed by atoms with van der Waals surface area (Å²) in [4.78, 5) is 11.8. The highest BCUT2D eigenvalue weighted by molar-refractivity contribution is 6.02. The number of rotatable bonds is 5. The van der Waals surface area contributed by atoms with Crippen molar-refractivity contribution in [1.29, 1.82) is 0 Å². The van der Waals surface area contributed by atoms with Crippen LogP contribution in [0.2, 0.25) is 0 Å². The molecule has 0 spiro atoms. The minimum absolute atomic E-state index is 0.166. The Labute approximate surface area is 111 Å². The van der Waals surface area contributed by atoms with Gasteiger partial charge in [0.2, 0.25) is 5.76 Å². The maximum Gasteiger partial charge on any atom is 0.294 e. The lowest BCUT2D eigenvalue weighted by molar-refractivity contribution is -0.117. The van der Waals surface area contributed by atoms with Crippen molar-refractivity contribution in [3.63, 3.8) is 0 Å². The van der Waals surface area contributed by atoms with Crippen molar-refractivity contribution in [3.05, 3.63) is 36.3 Å². The van der Waals surface area contributed by atoms with Crippen LogP contribution in [0.3, 0.4) is 0 Å². The van der Waals surface area contributed by atoms with Gasteiger partial charge in [0.1, 0.15) is 31.8 Å². The van der Waals surface area contributed by atoms with E-state index >= 15 is 0 Å². The van der Waals surface area contributed by atoms with Crippen LogP contribution >= 0.6 is 0 Å². The van der Waals surface area contributed by atoms with E-state index in [4.69, 9.17) is 19.9 Å². The third-order valence-corrected chi connectivity index (χ3v) is 2.35. The third-order valence-electron chi connectivity index (χ3n) is 2.35. The number of ether oxygens (including phenoxy) is 3. The van der Waals surface area contributed by atoms with Gasteiger partial charge >= 0.3 is 0 Å². The first-order valence-electron chi connectivity index (χ1n) is 5.98. The zero-order valence-corrected chi connectivity index (χ0v) is 10.4. The lowest BCUT2D eigenvalue weighted by Crippen LogP contribution is -2.21. The summed E-state index contributed by atoms with van der Waals surface area (Å²) in [5.41, 5.74) is 5.98. The third kappa shape index (κ3) is 3.89. The summed E-state index contributed by atoms with van der Waals surface area (Å²) in [5.74, 6) is 0.466. The van der Waals surface area contributed by atoms with Gasteiger partial charge in [0.15, 0.2) is 0 Å². The summed E-state index contributed by atoms with van der Waals surface area (Å²) >= 11 is 0. The molecule has 0 atom stereocenters. The monoisotopic (exact) mass is 264 g/mol. The summed E-state index contributed by atoms with van der Waals surface area (Å²) in [7, 11) is 0. The standard InChI is InChI=1S/C13H16N2O4/c14-4-5-18-11-3-1-2-10(8-11)15-13(16)12-9-17-6-7-19-12/h1-3,8-9H,4-7,14H2,(H,15,16). The average Bonchev–Trinajstić information content (AvgIpc) is 2.46. The lowest BCUT2D eigenvalue weighted by Gasteiger charge is -2.15. The molecular weight excluding hydrogens is 248 g/mol. The van der Waals surface area contributed by atoms with Crippen molar-refractivity contribution in [2.45, 2.75) is 0 Å². The van der Waals surface area contributed by atoms with Gasteiger partial charge in [-0.1, -0.05) is 6.07 Å². The largest absolute Gasteiger partial charge is 0.494 e. The fourth-order valence-electron chi connectivity index (χ4n) is 1.52. The predicted molar refractivity (Wildman–Crippen MR) is 69.6 cm³/mol. The van der Waals surface area contributed by atoms with E-state index in [0.29, 0.717) is 37.8 Å². The van der Waals surface area contributed by atoms with Gasteiger partial charge in [-0.15, -0.1) is 0 Å². The number of anilines is 1. The van der Waals surface area contributed by atoms with Gasteiger partial charge < -0.3 is 25.3 Å². The molecule has 1 amide bonds. The number of nitrogens with two attached hydrogens (primary N) is 1. The van der Waals surface area contributed by atoms with Gasteiger partial charge in [-0.3, -0.25) is 4.79 Å². The van der Waals surface area contributed by atoms with Crippen LogP contribution in [0, 0.1) is 0 Å². The second-order valence-corrected chi connectivity index (χ2v) is 3.82. The molecular formula is C13H16N2O4. The SMILES string of the molecule is NCCOc1cccc(NC(=O)C2=COCCO2)c1. The van der Waals surface area contributed by atoms with Gasteiger partial charge in [0, 0.05) is 18.3 Å². The second-order valence-electron chi connectivity index (χ2n) is 3.82. The minimum Gasteiger partial charge on any atom is -0.494 e. The normalized spacial score (nSPS) is 13.8. The van der Waals surface area contributed by atoms with Gasteiger partial charge in [-0.2, -0.15) is 0 Å². The molecule has 0 fully saturated rings. The van der Waals surface area contributed by atoms with E-state index in [1.807, 2.05) is 0 Å². The summed E-state index contributed by atoms with van der Waals surface area (Å²) < 4.78 is 15.6. The summed E-state index contributed by atoms with van der Waals surface area (Å²) in [6, 6.07) is 7.06. The molecule has 3 N–H and O–H groups in total. The number of amides is 1. The molecule has 0 aliphatic carbocycles. The van der Waals surface area contributed by atoms with Crippen molar-refractivity contribution >= 4 is 11.6 Å². The van der Waals surface area contributed by atoms with Gasteiger partial charge in [-0.25, -0.2) is 0 Å². The first-order valence-corrected chi connectivity index (χ1v) is 5.98. The average molecular weight is 264 g/mol. The molecule has 6 nitrogen and oxygen atoms in total. The quantitative estimate of drug-likeness (QED) is 0.823. The number of hydrogen-bond donors (Lipinski definition) is 2. The lowest BCUT2D eigenvalue weighted by atomic mass is 10.3. The number of benzene rings is 1. The van der Waals surface area contributed by atoms with Crippen molar-refractivity contribution in [2.24, 2.45) is 5.73 Å². The van der Waals surface area contributed by atoms with Crippen LogP contribution < -0.4 is 15.8 Å². The maximum absolute atomic E-state index is 11.8. The summed E-state index contributed by atoms with van der Waals surface area (Å²) in [5, 5.41) is 2.70. The Morgan fingerprint density at radius 2 is 2.32 bits per heavy atom. The number of nitrogens with one attached hydrogen (secondary N) is 1. The van der Waals surface area contributed by atoms with Crippen molar-refractivity contribution in [1.82, 2.24) is 0 Å². The Balaban J connectivity index is 1.98. The topological polar surface area (TPSA) is 82.8 Å². The molecule has 1 aromatic carbocycles. The van der Waals surface area contributed by atoms with Gasteiger partial charge in [-0.05, 0) is 12.1 Å². The predicted octanol–water partition coefficient (Wildman–Crippen LogP) is 0.851. The van der Waals surface area contributed by atoms with Gasteiger partial charge in [0.25, 0.3) is 5.91 Å². The molecule has 2 rings (SSSR count). The number of carbonyl (C=O) groups excluding carboxylic acids is 1. The molecule has 1 aromatic rings. The molecule has 19 heavy (non-hydrogen) atoms. The highest BCUT2D eigenvalue weighted by Crippen LogP contribution is 2.18. The van der Waals surface area contributed by atoms with Crippen LogP contribution in [0.4, 0.5) is 5.69 Å². The van der Waals surface area contributed by atoms with Crippen molar-refractivity contribution in [2.75, 3.05) is 31.7 Å². The maximum atomic E-state index is 11.8. The molecule has 6 heteroatoms. The molecule has 1 heterocycles. The Morgan fingerprint density at radius 3 is 3.05 bits per heavy atom. The highest BCUT2D eigenvalue weighted by Gasteiger charge is 2.15. The van der Waals surface area contributed by atoms with Crippen molar-refractivity contribution < 1.29 is 19.0 Å². The first kappa shape index (κ1) is 13.2. The molecule has 0 aromatic heterocycles. The summed E-state index contributed by atoms with van der Waals surface area (Å²) in [6.07, 6.45) is 1.31. The smallest absolute Gasteiger partial charge is 0.294 e. The van der Waals surface area contributed by atoms with E-state index in [1.165, 1.54) is 6.26 Å². The van der Waals surface area contributed by atoms with Crippen LogP contribution in [-0.2, 0) is 14.3 Å². The Bertz CT molecular complexity index is 473. The zero-order valence-electron chi connectivity index (χ0n) is 10.4. The number of hydrogen-bond acceptors (Lipinski definition) is 5. The van der Waals surface area contributed by atoms with E-state index in [0.717, 1.165) is 0 Å². The second kappa shape index (κ2) is 6.65. The van der Waals surface area contributed by atoms with Crippen LogP contribution in [0.5, 0.6) is 5.75 Å². The van der Waals surface area contributed by atoms with E-state index < -0.39 is 0 Å². The van der Waals surface area contributed by atoms with Crippen LogP contribution in [-0.4, -0.2) is 32.3 Å². The zero-order chi connectivity index (χ0) is 13.5. The molecule has 0 bridgehead atoms. The Hall–Kier alpha value is -2.21. The molecule has 0 saturated heterocycles. The van der Waals surface area contributed by atoms with Crippen molar-refractivity contribution in [3.8, 4) is 5.75 Å². The van der Waals surface area contributed by atoms with E-state index in [-0.39, 0.29) is 11.7 Å². The molecule has 0 unspecified atom stereocenters. The number of carbonyl (C=O) groups is 1. The van der Waals surface area contributed by atoms with E-state index in [1.54, 1.807) is 24.3 Å². The fourth-order valence-corrected chi connectivity index (χ4v) is 1.52. The molecule has 1 aliphatic heterocycles. The molecule has 1 aliphatic rings. The Kier molecular flexibility index (Phi) is 4.63. The van der Waals surface area contributed by atoms with E-state index in [2.05, 4.69) is 5.32 Å². The van der Waals surface area contributed by atoms with Gasteiger partial charge in [0.05, 0.1) is 0 Å². The molecule has 0 saturated carbocycles. The fraction of sp³-hybridized carbons (Fsp3) is 0.308. The highest BCUT2D eigenvalue weighted by atomic mass is 16.6.